The number of para-hydroxylation sites is 1. The highest BCUT2D eigenvalue weighted by Crippen LogP contribution is 2.35. The third-order valence-corrected chi connectivity index (χ3v) is 5.16. The van der Waals surface area contributed by atoms with E-state index in [-0.39, 0.29) is 11.3 Å². The Labute approximate surface area is 209 Å². The van der Waals surface area contributed by atoms with Gasteiger partial charge in [0.25, 0.3) is 5.91 Å². The molecular weight excluding hydrogens is 467 g/mol. The first-order chi connectivity index (χ1) is 16.9. The fraction of sp³-hybridized carbons (Fsp3) is 0.143. The van der Waals surface area contributed by atoms with E-state index in [0.29, 0.717) is 41.7 Å². The molecule has 35 heavy (non-hydrogen) atoms. The van der Waals surface area contributed by atoms with Gasteiger partial charge in [-0.3, -0.25) is 4.79 Å². The van der Waals surface area contributed by atoms with E-state index in [2.05, 4.69) is 11.9 Å². The standard InChI is InChI=1S/C28H24ClFN2O3/c1-3-7-21-14-20(15-22(17-31)28(33)32-25-9-6-5-8-24(25)30)16-26(34-4-2)27(21)35-18-19-10-12-23(29)13-11-19/h3,5-6,8-16H,1,4,7,18H2,2H3,(H,32,33)/b22-15+. The van der Waals surface area contributed by atoms with Crippen LogP contribution in [0.2, 0.25) is 5.02 Å². The predicted octanol–water partition coefficient (Wildman–Crippen LogP) is 6.73. The first-order valence-corrected chi connectivity index (χ1v) is 11.3. The van der Waals surface area contributed by atoms with Crippen molar-refractivity contribution in [1.82, 2.24) is 0 Å². The number of nitrogens with one attached hydrogen (secondary N) is 1. The molecule has 0 fully saturated rings. The van der Waals surface area contributed by atoms with Crippen LogP contribution in [0.25, 0.3) is 6.08 Å². The van der Waals surface area contributed by atoms with Gasteiger partial charge in [0.05, 0.1) is 12.3 Å². The lowest BCUT2D eigenvalue weighted by Gasteiger charge is -2.17. The number of amides is 1. The highest BCUT2D eigenvalue weighted by atomic mass is 35.5. The molecule has 1 amide bonds. The van der Waals surface area contributed by atoms with Crippen LogP contribution in [0, 0.1) is 17.1 Å². The van der Waals surface area contributed by atoms with Crippen molar-refractivity contribution in [2.24, 2.45) is 0 Å². The molecule has 0 radical (unpaired) electrons. The minimum atomic E-state index is -0.719. The van der Waals surface area contributed by atoms with Crippen LogP contribution >= 0.6 is 11.6 Å². The van der Waals surface area contributed by atoms with Gasteiger partial charge in [0.2, 0.25) is 0 Å². The number of rotatable bonds is 10. The summed E-state index contributed by atoms with van der Waals surface area (Å²) >= 11 is 5.96. The minimum absolute atomic E-state index is 0.00745. The Morgan fingerprint density at radius 2 is 1.91 bits per heavy atom. The number of halogens is 2. The van der Waals surface area contributed by atoms with Gasteiger partial charge in [-0.05, 0) is 66.9 Å². The highest BCUT2D eigenvalue weighted by Gasteiger charge is 2.16. The molecule has 0 heterocycles. The van der Waals surface area contributed by atoms with Gasteiger partial charge in [-0.15, -0.1) is 6.58 Å². The SMILES string of the molecule is C=CCc1cc(/C=C(\C#N)C(=O)Nc2ccccc2F)cc(OCC)c1OCc1ccc(Cl)cc1. The highest BCUT2D eigenvalue weighted by molar-refractivity contribution is 6.30. The van der Waals surface area contributed by atoms with Gasteiger partial charge < -0.3 is 14.8 Å². The maximum Gasteiger partial charge on any atom is 0.266 e. The maximum atomic E-state index is 13.9. The molecular formula is C28H24ClFN2O3. The number of benzene rings is 3. The second-order valence-corrected chi connectivity index (χ2v) is 7.89. The van der Waals surface area contributed by atoms with E-state index in [4.69, 9.17) is 21.1 Å². The molecule has 7 heteroatoms. The Morgan fingerprint density at radius 3 is 2.57 bits per heavy atom. The van der Waals surface area contributed by atoms with Gasteiger partial charge in [-0.2, -0.15) is 5.26 Å². The van der Waals surface area contributed by atoms with E-state index in [1.165, 1.54) is 24.3 Å². The van der Waals surface area contributed by atoms with Gasteiger partial charge in [0.1, 0.15) is 24.1 Å². The van der Waals surface area contributed by atoms with Gasteiger partial charge in [-0.25, -0.2) is 4.39 Å². The first-order valence-electron chi connectivity index (χ1n) is 10.9. The molecule has 0 unspecified atom stereocenters. The lowest BCUT2D eigenvalue weighted by atomic mass is 10.0. The number of carbonyl (C=O) groups is 1. The van der Waals surface area contributed by atoms with Crippen LogP contribution in [-0.2, 0) is 17.8 Å². The Morgan fingerprint density at radius 1 is 1.17 bits per heavy atom. The lowest BCUT2D eigenvalue weighted by Crippen LogP contribution is -2.14. The second-order valence-electron chi connectivity index (χ2n) is 7.45. The molecule has 1 N–H and O–H groups in total. The number of nitrogens with zero attached hydrogens (tertiary/aromatic N) is 1. The Hall–Kier alpha value is -4.08. The number of allylic oxidation sites excluding steroid dienone is 1. The summed E-state index contributed by atoms with van der Waals surface area (Å²) < 4.78 is 25.8. The summed E-state index contributed by atoms with van der Waals surface area (Å²) in [5.41, 5.74) is 2.08. The monoisotopic (exact) mass is 490 g/mol. The quantitative estimate of drug-likeness (QED) is 0.194. The molecule has 0 aliphatic rings. The second kappa shape index (κ2) is 12.4. The van der Waals surface area contributed by atoms with E-state index in [1.54, 1.807) is 36.4 Å². The first kappa shape index (κ1) is 25.5. The zero-order valence-corrected chi connectivity index (χ0v) is 19.9. The molecule has 5 nitrogen and oxygen atoms in total. The van der Waals surface area contributed by atoms with Gasteiger partial charge in [0, 0.05) is 10.6 Å². The number of nitriles is 1. The Kier molecular flexibility index (Phi) is 9.05. The van der Waals surface area contributed by atoms with Crippen LogP contribution in [0.1, 0.15) is 23.6 Å². The summed E-state index contributed by atoms with van der Waals surface area (Å²) in [5, 5.41) is 12.6. The smallest absolute Gasteiger partial charge is 0.266 e. The van der Waals surface area contributed by atoms with Crippen molar-refractivity contribution in [3.63, 3.8) is 0 Å². The number of carbonyl (C=O) groups excluding carboxylic acids is 1. The van der Waals surface area contributed by atoms with Crippen LogP contribution in [0.4, 0.5) is 10.1 Å². The van der Waals surface area contributed by atoms with Crippen LogP contribution in [0.15, 0.2) is 78.9 Å². The molecule has 178 valence electrons. The molecule has 3 aromatic rings. The molecule has 0 aromatic heterocycles. The number of hydrogen-bond acceptors (Lipinski definition) is 4. The molecule has 0 saturated heterocycles. The Bertz CT molecular complexity index is 1280. The van der Waals surface area contributed by atoms with Crippen LogP contribution < -0.4 is 14.8 Å². The lowest BCUT2D eigenvalue weighted by molar-refractivity contribution is -0.112. The third kappa shape index (κ3) is 6.95. The van der Waals surface area contributed by atoms with Crippen molar-refractivity contribution in [2.45, 2.75) is 20.0 Å². The summed E-state index contributed by atoms with van der Waals surface area (Å²) in [6.45, 7) is 6.34. The van der Waals surface area contributed by atoms with Crippen molar-refractivity contribution in [3.05, 3.63) is 106 Å². The van der Waals surface area contributed by atoms with Crippen molar-refractivity contribution in [2.75, 3.05) is 11.9 Å². The number of anilines is 1. The topological polar surface area (TPSA) is 71.4 Å². The van der Waals surface area contributed by atoms with Gasteiger partial charge in [-0.1, -0.05) is 41.9 Å². The molecule has 0 bridgehead atoms. The summed E-state index contributed by atoms with van der Waals surface area (Å²) in [6.07, 6.45) is 3.62. The molecule has 0 saturated carbocycles. The average molecular weight is 491 g/mol. The molecule has 0 spiro atoms. The van der Waals surface area contributed by atoms with E-state index in [0.717, 1.165) is 11.1 Å². The molecule has 3 rings (SSSR count). The molecule has 0 aliphatic heterocycles. The molecule has 0 aliphatic carbocycles. The summed E-state index contributed by atoms with van der Waals surface area (Å²) in [5.74, 6) is -0.289. The van der Waals surface area contributed by atoms with Crippen LogP contribution in [0.5, 0.6) is 11.5 Å². The fourth-order valence-electron chi connectivity index (χ4n) is 3.30. The number of hydrogen-bond donors (Lipinski definition) is 1. The van der Waals surface area contributed by atoms with Crippen molar-refractivity contribution in [3.8, 4) is 17.6 Å². The van der Waals surface area contributed by atoms with E-state index < -0.39 is 11.7 Å². The number of ether oxygens (including phenoxy) is 2. The predicted molar refractivity (Wildman–Crippen MR) is 136 cm³/mol. The maximum absolute atomic E-state index is 13.9. The van der Waals surface area contributed by atoms with Gasteiger partial charge in [0.15, 0.2) is 11.5 Å². The van der Waals surface area contributed by atoms with Crippen molar-refractivity contribution in [1.29, 1.82) is 5.26 Å². The van der Waals surface area contributed by atoms with Gasteiger partial charge >= 0.3 is 0 Å². The van der Waals surface area contributed by atoms with Crippen molar-refractivity contribution >= 4 is 29.3 Å². The normalized spacial score (nSPS) is 10.9. The van der Waals surface area contributed by atoms with E-state index in [1.807, 2.05) is 25.1 Å². The Balaban J connectivity index is 1.93. The van der Waals surface area contributed by atoms with Crippen molar-refractivity contribution < 1.29 is 18.7 Å². The fourth-order valence-corrected chi connectivity index (χ4v) is 3.43. The zero-order chi connectivity index (χ0) is 25.2. The largest absolute Gasteiger partial charge is 0.490 e. The minimum Gasteiger partial charge on any atom is -0.490 e. The summed E-state index contributed by atoms with van der Waals surface area (Å²) in [4.78, 5) is 12.6. The summed E-state index contributed by atoms with van der Waals surface area (Å²) in [6, 6.07) is 18.5. The molecule has 3 aromatic carbocycles. The third-order valence-electron chi connectivity index (χ3n) is 4.91. The van der Waals surface area contributed by atoms with Crippen LogP contribution in [0.3, 0.4) is 0 Å². The van der Waals surface area contributed by atoms with E-state index >= 15 is 0 Å². The summed E-state index contributed by atoms with van der Waals surface area (Å²) in [7, 11) is 0. The molecule has 0 atom stereocenters. The van der Waals surface area contributed by atoms with Crippen LogP contribution in [-0.4, -0.2) is 12.5 Å². The average Bonchev–Trinajstić information content (AvgIpc) is 2.85. The zero-order valence-electron chi connectivity index (χ0n) is 19.2. The van der Waals surface area contributed by atoms with E-state index in [9.17, 15) is 14.4 Å².